The van der Waals surface area contributed by atoms with Gasteiger partial charge in [-0.05, 0) is 0 Å². The normalized spacial score (nSPS) is 13.6. The molecular weight excluding hydrogens is 265 g/mol. The molecule has 0 aromatic rings. The molecule has 8 heteroatoms. The fraction of sp³-hybridized carbons (Fsp3) is 0.909. The molecule has 0 rings (SSSR count). The van der Waals surface area contributed by atoms with Crippen molar-refractivity contribution in [1.29, 1.82) is 0 Å². The summed E-state index contributed by atoms with van der Waals surface area (Å²) in [6, 6.07) is 0. The lowest BCUT2D eigenvalue weighted by molar-refractivity contribution is -0.176. The SMILES string of the molecule is COCCN(CCC(=O)OC)CC(CN)C(F)(F)F. The summed E-state index contributed by atoms with van der Waals surface area (Å²) in [5.74, 6) is -2.07. The molecule has 19 heavy (non-hydrogen) atoms. The number of esters is 1. The van der Waals surface area contributed by atoms with Crippen LogP contribution >= 0.6 is 0 Å². The van der Waals surface area contributed by atoms with Gasteiger partial charge in [0.1, 0.15) is 0 Å². The van der Waals surface area contributed by atoms with E-state index < -0.39 is 24.6 Å². The molecule has 1 atom stereocenters. The summed E-state index contributed by atoms with van der Waals surface area (Å²) in [6.45, 7) is 0.0462. The van der Waals surface area contributed by atoms with Gasteiger partial charge >= 0.3 is 12.1 Å². The van der Waals surface area contributed by atoms with E-state index in [1.165, 1.54) is 19.1 Å². The van der Waals surface area contributed by atoms with Gasteiger partial charge in [0.2, 0.25) is 0 Å². The fourth-order valence-corrected chi connectivity index (χ4v) is 1.49. The molecule has 0 heterocycles. The highest BCUT2D eigenvalue weighted by Gasteiger charge is 2.39. The zero-order valence-corrected chi connectivity index (χ0v) is 11.2. The molecule has 0 saturated carbocycles. The van der Waals surface area contributed by atoms with Crippen LogP contribution in [0, 0.1) is 5.92 Å². The lowest BCUT2D eigenvalue weighted by atomic mass is 10.1. The van der Waals surface area contributed by atoms with E-state index in [4.69, 9.17) is 10.5 Å². The number of nitrogens with zero attached hydrogens (tertiary/aromatic N) is 1. The van der Waals surface area contributed by atoms with E-state index in [2.05, 4.69) is 4.74 Å². The lowest BCUT2D eigenvalue weighted by Gasteiger charge is -2.27. The average molecular weight is 286 g/mol. The van der Waals surface area contributed by atoms with Crippen molar-refractivity contribution in [3.8, 4) is 0 Å². The molecule has 2 N–H and O–H groups in total. The van der Waals surface area contributed by atoms with E-state index in [0.29, 0.717) is 6.54 Å². The molecule has 0 aliphatic carbocycles. The number of ether oxygens (including phenoxy) is 2. The topological polar surface area (TPSA) is 64.8 Å². The Morgan fingerprint density at radius 2 is 1.95 bits per heavy atom. The van der Waals surface area contributed by atoms with Gasteiger partial charge in [0.15, 0.2) is 0 Å². The average Bonchev–Trinajstić information content (AvgIpc) is 2.35. The molecular formula is C11H21F3N2O3. The molecule has 0 saturated heterocycles. The number of rotatable bonds is 9. The third-order valence-electron chi connectivity index (χ3n) is 2.70. The third-order valence-corrected chi connectivity index (χ3v) is 2.70. The second-order valence-electron chi connectivity index (χ2n) is 4.09. The van der Waals surface area contributed by atoms with E-state index in [9.17, 15) is 18.0 Å². The summed E-state index contributed by atoms with van der Waals surface area (Å²) in [4.78, 5) is 12.5. The number of hydrogen-bond acceptors (Lipinski definition) is 5. The minimum atomic E-state index is -4.34. The first kappa shape index (κ1) is 18.1. The Balaban J connectivity index is 4.43. The molecule has 0 spiro atoms. The van der Waals surface area contributed by atoms with Gasteiger partial charge in [0.05, 0.1) is 26.1 Å². The van der Waals surface area contributed by atoms with E-state index in [0.717, 1.165) is 0 Å². The molecule has 0 amide bonds. The van der Waals surface area contributed by atoms with Gasteiger partial charge in [0.25, 0.3) is 0 Å². The Morgan fingerprint density at radius 3 is 2.37 bits per heavy atom. The van der Waals surface area contributed by atoms with E-state index >= 15 is 0 Å². The monoisotopic (exact) mass is 286 g/mol. The summed E-state index contributed by atoms with van der Waals surface area (Å²) in [5, 5.41) is 0. The second kappa shape index (κ2) is 9.11. The Labute approximate surface area is 110 Å². The van der Waals surface area contributed by atoms with Crippen LogP contribution in [0.2, 0.25) is 0 Å². The number of nitrogens with two attached hydrogens (primary N) is 1. The number of alkyl halides is 3. The van der Waals surface area contributed by atoms with Crippen LogP contribution < -0.4 is 5.73 Å². The molecule has 0 aliphatic heterocycles. The smallest absolute Gasteiger partial charge is 0.394 e. The summed E-state index contributed by atoms with van der Waals surface area (Å²) in [5.41, 5.74) is 5.15. The van der Waals surface area contributed by atoms with Gasteiger partial charge in [-0.3, -0.25) is 9.69 Å². The third kappa shape index (κ3) is 8.02. The number of carbonyl (C=O) groups excluding carboxylic acids is 1. The molecule has 0 aliphatic rings. The fourth-order valence-electron chi connectivity index (χ4n) is 1.49. The van der Waals surface area contributed by atoms with Crippen molar-refractivity contribution >= 4 is 5.97 Å². The highest BCUT2D eigenvalue weighted by Crippen LogP contribution is 2.26. The standard InChI is InChI=1S/C11H21F3N2O3/c1-18-6-5-16(4-3-10(17)19-2)8-9(7-15)11(12,13)14/h9H,3-8,15H2,1-2H3. The van der Waals surface area contributed by atoms with Crippen molar-refractivity contribution in [2.45, 2.75) is 12.6 Å². The van der Waals surface area contributed by atoms with Crippen LogP contribution in [0.1, 0.15) is 6.42 Å². The predicted molar refractivity (Wildman–Crippen MR) is 63.5 cm³/mol. The van der Waals surface area contributed by atoms with E-state index in [-0.39, 0.29) is 26.1 Å². The molecule has 0 aromatic carbocycles. The number of hydrogen-bond donors (Lipinski definition) is 1. The zero-order valence-electron chi connectivity index (χ0n) is 11.2. The Hall–Kier alpha value is -0.860. The van der Waals surface area contributed by atoms with E-state index in [1.807, 2.05) is 0 Å². The van der Waals surface area contributed by atoms with Crippen molar-refractivity contribution in [2.75, 3.05) is 47.0 Å². The maximum absolute atomic E-state index is 12.6. The number of halogens is 3. The first-order valence-corrected chi connectivity index (χ1v) is 5.90. The van der Waals surface area contributed by atoms with E-state index in [1.54, 1.807) is 0 Å². The van der Waals surface area contributed by atoms with Gasteiger partial charge in [-0.25, -0.2) is 0 Å². The summed E-state index contributed by atoms with van der Waals surface area (Å²) in [7, 11) is 2.70. The Bertz CT molecular complexity index is 262. The summed E-state index contributed by atoms with van der Waals surface area (Å²) in [6.07, 6.45) is -4.30. The van der Waals surface area contributed by atoms with Gasteiger partial charge in [-0.1, -0.05) is 0 Å². The zero-order chi connectivity index (χ0) is 14.9. The van der Waals surface area contributed by atoms with Crippen LogP contribution in [0.25, 0.3) is 0 Å². The molecule has 114 valence electrons. The lowest BCUT2D eigenvalue weighted by Crippen LogP contribution is -2.42. The molecule has 0 fully saturated rings. The number of carbonyl (C=O) groups is 1. The van der Waals surface area contributed by atoms with Crippen LogP contribution in [0.5, 0.6) is 0 Å². The molecule has 0 bridgehead atoms. The van der Waals surface area contributed by atoms with Gasteiger partial charge < -0.3 is 15.2 Å². The molecule has 5 nitrogen and oxygen atoms in total. The first-order valence-electron chi connectivity index (χ1n) is 5.90. The van der Waals surface area contributed by atoms with Crippen LogP contribution in [0.4, 0.5) is 13.2 Å². The Kier molecular flexibility index (Phi) is 8.70. The van der Waals surface area contributed by atoms with Crippen molar-refractivity contribution in [3.63, 3.8) is 0 Å². The molecule has 0 radical (unpaired) electrons. The van der Waals surface area contributed by atoms with Crippen LogP contribution in [0.15, 0.2) is 0 Å². The van der Waals surface area contributed by atoms with Gasteiger partial charge in [-0.2, -0.15) is 13.2 Å². The maximum Gasteiger partial charge on any atom is 0.394 e. The minimum absolute atomic E-state index is 0.0371. The van der Waals surface area contributed by atoms with Crippen molar-refractivity contribution in [3.05, 3.63) is 0 Å². The maximum atomic E-state index is 12.6. The van der Waals surface area contributed by atoms with Crippen molar-refractivity contribution in [2.24, 2.45) is 11.7 Å². The highest BCUT2D eigenvalue weighted by molar-refractivity contribution is 5.69. The van der Waals surface area contributed by atoms with Crippen molar-refractivity contribution in [1.82, 2.24) is 4.90 Å². The predicted octanol–water partition coefficient (Wildman–Crippen LogP) is 0.635. The Morgan fingerprint density at radius 1 is 1.32 bits per heavy atom. The summed E-state index contributed by atoms with van der Waals surface area (Å²) >= 11 is 0. The number of methoxy groups -OCH3 is 2. The minimum Gasteiger partial charge on any atom is -0.469 e. The molecule has 0 aromatic heterocycles. The highest BCUT2D eigenvalue weighted by atomic mass is 19.4. The van der Waals surface area contributed by atoms with Crippen molar-refractivity contribution < 1.29 is 27.4 Å². The summed E-state index contributed by atoms with van der Waals surface area (Å²) < 4.78 is 47.2. The quantitative estimate of drug-likeness (QED) is 0.630. The van der Waals surface area contributed by atoms with Crippen LogP contribution in [-0.2, 0) is 14.3 Å². The van der Waals surface area contributed by atoms with Gasteiger partial charge in [0, 0.05) is 33.3 Å². The largest absolute Gasteiger partial charge is 0.469 e. The van der Waals surface area contributed by atoms with Gasteiger partial charge in [-0.15, -0.1) is 0 Å². The molecule has 1 unspecified atom stereocenters. The van der Waals surface area contributed by atoms with Crippen LogP contribution in [0.3, 0.4) is 0 Å². The van der Waals surface area contributed by atoms with Crippen LogP contribution in [-0.4, -0.2) is 64.1 Å². The first-order chi connectivity index (χ1) is 8.85. The second-order valence-corrected chi connectivity index (χ2v) is 4.09.